The number of hydrogen-bond acceptors (Lipinski definition) is 8. The molecule has 1 aromatic heterocycles. The summed E-state index contributed by atoms with van der Waals surface area (Å²) >= 11 is 1.15. The number of carbonyl (C=O) groups is 1. The van der Waals surface area contributed by atoms with E-state index in [9.17, 15) is 20.0 Å². The zero-order chi connectivity index (χ0) is 18.4. The van der Waals surface area contributed by atoms with Crippen LogP contribution in [0.2, 0.25) is 0 Å². The van der Waals surface area contributed by atoms with Crippen molar-refractivity contribution in [2.45, 2.75) is 19.0 Å². The third kappa shape index (κ3) is 5.53. The predicted molar refractivity (Wildman–Crippen MR) is 90.5 cm³/mol. The lowest BCUT2D eigenvalue weighted by Gasteiger charge is -2.08. The van der Waals surface area contributed by atoms with E-state index in [-0.39, 0.29) is 17.0 Å². The van der Waals surface area contributed by atoms with Crippen molar-refractivity contribution in [1.29, 1.82) is 0 Å². The van der Waals surface area contributed by atoms with E-state index in [4.69, 9.17) is 0 Å². The van der Waals surface area contributed by atoms with Gasteiger partial charge in [-0.15, -0.1) is 0 Å². The minimum Gasteiger partial charge on any atom is -0.872 e. The van der Waals surface area contributed by atoms with Gasteiger partial charge >= 0.3 is 0 Å². The normalized spacial score (nSPS) is 10.8. The fourth-order valence-electron chi connectivity index (χ4n) is 1.84. The van der Waals surface area contributed by atoms with Crippen LogP contribution in [-0.2, 0) is 4.79 Å². The summed E-state index contributed by atoms with van der Waals surface area (Å²) in [5, 5.41) is 26.4. The van der Waals surface area contributed by atoms with Crippen LogP contribution in [0.25, 0.3) is 0 Å². The molecule has 0 unspecified atom stereocenters. The van der Waals surface area contributed by atoms with Crippen molar-refractivity contribution in [2.24, 2.45) is 5.10 Å². The highest BCUT2D eigenvalue weighted by Crippen LogP contribution is 2.19. The lowest BCUT2D eigenvalue weighted by molar-refractivity contribution is -0.385. The number of rotatable bonds is 6. The van der Waals surface area contributed by atoms with Gasteiger partial charge < -0.3 is 5.11 Å². The van der Waals surface area contributed by atoms with Gasteiger partial charge in [-0.2, -0.15) is 5.10 Å². The zero-order valence-corrected chi connectivity index (χ0v) is 14.2. The molecule has 1 heterocycles. The first-order valence-corrected chi connectivity index (χ1v) is 8.06. The van der Waals surface area contributed by atoms with Crippen LogP contribution < -0.4 is 10.5 Å². The van der Waals surface area contributed by atoms with Gasteiger partial charge in [-0.25, -0.2) is 15.4 Å². The van der Waals surface area contributed by atoms with Gasteiger partial charge in [-0.3, -0.25) is 14.9 Å². The monoisotopic (exact) mass is 360 g/mol. The summed E-state index contributed by atoms with van der Waals surface area (Å²) in [4.78, 5) is 30.2. The molecule has 2 aromatic rings. The SMILES string of the molecule is Cc1cc(C)nc(SCC(=O)N/N=C\c2cc([N+](=O)[O-])ccc2[O-])n1. The van der Waals surface area contributed by atoms with E-state index in [2.05, 4.69) is 20.5 Å². The highest BCUT2D eigenvalue weighted by Gasteiger charge is 2.07. The third-order valence-electron chi connectivity index (χ3n) is 2.89. The first-order chi connectivity index (χ1) is 11.8. The molecule has 0 bridgehead atoms. The van der Waals surface area contributed by atoms with Gasteiger partial charge in [0, 0.05) is 23.5 Å². The molecule has 2 rings (SSSR count). The maximum absolute atomic E-state index is 11.7. The number of nitrogens with zero attached hydrogens (tertiary/aromatic N) is 4. The second-order valence-corrected chi connectivity index (χ2v) is 5.94. The quantitative estimate of drug-likeness (QED) is 0.270. The van der Waals surface area contributed by atoms with Crippen molar-refractivity contribution in [2.75, 3.05) is 5.75 Å². The number of benzene rings is 1. The van der Waals surface area contributed by atoms with Crippen LogP contribution in [0.4, 0.5) is 5.69 Å². The molecule has 0 aliphatic heterocycles. The van der Waals surface area contributed by atoms with Crippen molar-refractivity contribution in [3.63, 3.8) is 0 Å². The number of amides is 1. The maximum Gasteiger partial charge on any atom is 0.270 e. The number of hydrazone groups is 1. The average molecular weight is 360 g/mol. The minimum absolute atomic E-state index is 0.0137. The van der Waals surface area contributed by atoms with Crippen molar-refractivity contribution >= 4 is 29.6 Å². The molecule has 0 aliphatic carbocycles. The van der Waals surface area contributed by atoms with Crippen LogP contribution in [-0.4, -0.2) is 32.8 Å². The Morgan fingerprint density at radius 2 is 2.00 bits per heavy atom. The van der Waals surface area contributed by atoms with Crippen LogP contribution in [0.1, 0.15) is 17.0 Å². The summed E-state index contributed by atoms with van der Waals surface area (Å²) in [7, 11) is 0. The highest BCUT2D eigenvalue weighted by molar-refractivity contribution is 7.99. The standard InChI is InChI=1S/C15H15N5O4S/c1-9-5-10(2)18-15(17-9)25-8-14(22)19-16-7-11-6-12(20(23)24)3-4-13(11)21/h3-7,21H,8H2,1-2H3,(H,19,22)/p-1/b16-7-. The van der Waals surface area contributed by atoms with Crippen molar-refractivity contribution in [1.82, 2.24) is 15.4 Å². The summed E-state index contributed by atoms with van der Waals surface area (Å²) < 4.78 is 0. The topological polar surface area (TPSA) is 133 Å². The van der Waals surface area contributed by atoms with Gasteiger partial charge in [0.1, 0.15) is 0 Å². The van der Waals surface area contributed by atoms with Crippen molar-refractivity contribution < 1.29 is 14.8 Å². The highest BCUT2D eigenvalue weighted by atomic mass is 32.2. The Morgan fingerprint density at radius 3 is 2.64 bits per heavy atom. The molecular weight excluding hydrogens is 346 g/mol. The predicted octanol–water partition coefficient (Wildman–Crippen LogP) is 1.32. The first kappa shape index (κ1) is 18.3. The Bertz CT molecular complexity index is 820. The van der Waals surface area contributed by atoms with Gasteiger partial charge in [0.05, 0.1) is 16.9 Å². The Morgan fingerprint density at radius 1 is 1.32 bits per heavy atom. The molecule has 1 aromatic carbocycles. The summed E-state index contributed by atoms with van der Waals surface area (Å²) in [6, 6.07) is 5.11. The molecule has 0 fully saturated rings. The van der Waals surface area contributed by atoms with Crippen LogP contribution in [0.5, 0.6) is 5.75 Å². The molecule has 9 nitrogen and oxygen atoms in total. The molecule has 0 radical (unpaired) electrons. The number of nitro benzene ring substituents is 1. The van der Waals surface area contributed by atoms with Crippen molar-refractivity contribution in [3.8, 4) is 5.75 Å². The second-order valence-electron chi connectivity index (χ2n) is 4.99. The first-order valence-electron chi connectivity index (χ1n) is 7.07. The molecule has 25 heavy (non-hydrogen) atoms. The number of nitrogens with one attached hydrogen (secondary N) is 1. The number of aromatic nitrogens is 2. The van der Waals surface area contributed by atoms with E-state index in [1.807, 2.05) is 19.9 Å². The van der Waals surface area contributed by atoms with E-state index in [1.54, 1.807) is 0 Å². The summed E-state index contributed by atoms with van der Waals surface area (Å²) in [5.41, 5.74) is 3.65. The Hall–Kier alpha value is -3.01. The third-order valence-corrected chi connectivity index (χ3v) is 3.74. The average Bonchev–Trinajstić information content (AvgIpc) is 2.53. The number of non-ortho nitro benzene ring substituents is 1. The van der Waals surface area contributed by atoms with E-state index in [1.165, 1.54) is 0 Å². The molecule has 0 spiro atoms. The van der Waals surface area contributed by atoms with Crippen LogP contribution in [0.15, 0.2) is 34.5 Å². The van der Waals surface area contributed by atoms with Crippen LogP contribution >= 0.6 is 11.8 Å². The summed E-state index contributed by atoms with van der Waals surface area (Å²) in [5.74, 6) is -0.803. The van der Waals surface area contributed by atoms with E-state index >= 15 is 0 Å². The van der Waals surface area contributed by atoms with Gasteiger partial charge in [0.2, 0.25) is 0 Å². The van der Waals surface area contributed by atoms with Gasteiger partial charge in [0.25, 0.3) is 11.6 Å². The van der Waals surface area contributed by atoms with Gasteiger partial charge in [-0.1, -0.05) is 23.6 Å². The molecule has 10 heteroatoms. The zero-order valence-electron chi connectivity index (χ0n) is 13.4. The van der Waals surface area contributed by atoms with E-state index in [0.29, 0.717) is 5.16 Å². The molecule has 1 amide bonds. The lowest BCUT2D eigenvalue weighted by atomic mass is 10.2. The smallest absolute Gasteiger partial charge is 0.270 e. The Balaban J connectivity index is 1.92. The fraction of sp³-hybridized carbons (Fsp3) is 0.200. The van der Waals surface area contributed by atoms with Crippen LogP contribution in [0, 0.1) is 24.0 Å². The lowest BCUT2D eigenvalue weighted by Crippen LogP contribution is -2.20. The van der Waals surface area contributed by atoms with Gasteiger partial charge in [0.15, 0.2) is 5.16 Å². The summed E-state index contributed by atoms with van der Waals surface area (Å²) in [6.07, 6.45) is 1.07. The molecule has 0 aliphatic rings. The second kappa shape index (κ2) is 8.20. The molecule has 1 N–H and O–H groups in total. The Kier molecular flexibility index (Phi) is 6.01. The summed E-state index contributed by atoms with van der Waals surface area (Å²) in [6.45, 7) is 3.67. The van der Waals surface area contributed by atoms with E-state index in [0.717, 1.165) is 47.6 Å². The van der Waals surface area contributed by atoms with Crippen LogP contribution in [0.3, 0.4) is 0 Å². The number of hydrogen-bond donors (Lipinski definition) is 1. The Labute approximate surface area is 147 Å². The van der Waals surface area contributed by atoms with Gasteiger partial charge in [-0.05, 0) is 25.5 Å². The number of carbonyl (C=O) groups excluding carboxylic acids is 1. The molecule has 130 valence electrons. The van der Waals surface area contributed by atoms with Crippen molar-refractivity contribution in [3.05, 3.63) is 51.3 Å². The largest absolute Gasteiger partial charge is 0.872 e. The molecule has 0 saturated heterocycles. The molecule has 0 saturated carbocycles. The number of nitro groups is 1. The van der Waals surface area contributed by atoms with E-state index < -0.39 is 16.6 Å². The minimum atomic E-state index is -0.615. The number of thioether (sulfide) groups is 1. The molecule has 0 atom stereocenters. The number of aryl methyl sites for hydroxylation is 2. The fourth-order valence-corrected chi connectivity index (χ4v) is 2.59. The maximum atomic E-state index is 11.7. The molecular formula is C15H14N5O4S-.